The zero-order valence-corrected chi connectivity index (χ0v) is 27.4. The van der Waals surface area contributed by atoms with E-state index in [2.05, 4.69) is 38.5 Å². The van der Waals surface area contributed by atoms with Crippen LogP contribution in [0.1, 0.15) is 24.0 Å². The first-order chi connectivity index (χ1) is 24.3. The highest BCUT2D eigenvalue weighted by molar-refractivity contribution is 6.00. The van der Waals surface area contributed by atoms with Gasteiger partial charge in [0.25, 0.3) is 0 Å². The second-order valence-electron chi connectivity index (χ2n) is 12.0. The molecule has 0 aliphatic carbocycles. The Hall–Kier alpha value is -6.45. The standard InChI is InChI=1S/C41H36N6O3/c42-39(48)17-13-31-21-27(33-7-3-19-44-25-33)11-15-37(31)29-5-1-9-35(23-29)46-41(50)47-36-10-2-6-30(24-36)38-16-12-28(34-8-4-20-45-26-34)22-32(38)14-18-40(43)49/h1-12,15-16,19-26H,13-14,17-18H2,(H2,42,48)(H2,43,49)(H2,46,47,50)/p+1. The molecule has 0 saturated carbocycles. The number of carbonyl (C=O) groups is 3. The summed E-state index contributed by atoms with van der Waals surface area (Å²) in [4.78, 5) is 45.2. The number of urea groups is 1. The number of nitrogens with zero attached hydrogens (tertiary/aromatic N) is 2. The molecule has 0 unspecified atom stereocenters. The zero-order chi connectivity index (χ0) is 34.9. The van der Waals surface area contributed by atoms with Crippen LogP contribution in [-0.2, 0) is 22.4 Å². The Morgan fingerprint density at radius 1 is 0.560 bits per heavy atom. The Balaban J connectivity index is 1.21. The third-order valence-corrected chi connectivity index (χ3v) is 8.38. The Labute approximate surface area is 290 Å². The van der Waals surface area contributed by atoms with Crippen molar-refractivity contribution in [1.29, 1.82) is 0 Å². The summed E-state index contributed by atoms with van der Waals surface area (Å²) in [6, 6.07) is 34.8. The predicted molar refractivity (Wildman–Crippen MR) is 197 cm³/mol. The number of hydrogen-bond donors (Lipinski definition) is 4. The van der Waals surface area contributed by atoms with E-state index in [1.807, 2.05) is 103 Å². The van der Waals surface area contributed by atoms with E-state index in [9.17, 15) is 14.4 Å². The molecule has 0 aliphatic rings. The van der Waals surface area contributed by atoms with Crippen LogP contribution >= 0.6 is 0 Å². The van der Waals surface area contributed by atoms with E-state index >= 15 is 0 Å². The lowest BCUT2D eigenvalue weighted by atomic mass is 9.92. The molecule has 4 amide bonds. The first-order valence-electron chi connectivity index (χ1n) is 16.3. The number of nitrogens with one attached hydrogen (secondary N) is 2. The van der Waals surface area contributed by atoms with Crippen molar-refractivity contribution in [3.63, 3.8) is 0 Å². The van der Waals surface area contributed by atoms with Crippen LogP contribution < -0.4 is 22.1 Å². The third-order valence-electron chi connectivity index (χ3n) is 8.38. The van der Waals surface area contributed by atoms with Crippen LogP contribution in [0.15, 0.2) is 134 Å². The Morgan fingerprint density at radius 2 is 1.04 bits per heavy atom. The van der Waals surface area contributed by atoms with Crippen LogP contribution in [0.25, 0.3) is 44.5 Å². The highest BCUT2D eigenvalue weighted by Gasteiger charge is 2.14. The predicted octanol–water partition coefficient (Wildman–Crippen LogP) is 6.91. The lowest BCUT2D eigenvalue weighted by molar-refractivity contribution is -0.305. The third kappa shape index (κ3) is 8.52. The Morgan fingerprint density at radius 3 is 1.48 bits per heavy atom. The van der Waals surface area contributed by atoms with Crippen LogP contribution in [0, 0.1) is 0 Å². The van der Waals surface area contributed by atoms with Crippen LogP contribution in [0.5, 0.6) is 0 Å². The number of nitrogens with two attached hydrogens (primary N) is 1. The molecular weight excluding hydrogens is 624 g/mol. The summed E-state index contributed by atoms with van der Waals surface area (Å²) in [7, 11) is 0. The molecule has 0 radical (unpaired) electrons. The normalized spacial score (nSPS) is 10.7. The SMILES string of the molecule is NC(=O)CCc1cc(-c2cccnc2)ccc1-c1cccc(NC(=O)Nc2cccc(-c3ccc(-c4cccnc4)cc3CCC([NH3+])=O)c2)c1. The zero-order valence-electron chi connectivity index (χ0n) is 27.4. The van der Waals surface area contributed by atoms with Gasteiger partial charge in [0, 0.05) is 42.6 Å². The summed E-state index contributed by atoms with van der Waals surface area (Å²) in [5.41, 5.74) is 19.9. The first-order valence-corrected chi connectivity index (χ1v) is 16.3. The number of rotatable bonds is 12. The largest absolute Gasteiger partial charge is 0.370 e. The maximum absolute atomic E-state index is 13.2. The van der Waals surface area contributed by atoms with Crippen molar-refractivity contribution in [2.75, 3.05) is 10.6 Å². The minimum Gasteiger partial charge on any atom is -0.370 e. The number of aryl methyl sites for hydroxylation is 2. The fourth-order valence-corrected chi connectivity index (χ4v) is 5.94. The number of primary amides is 1. The van der Waals surface area contributed by atoms with Crippen LogP contribution in [0.4, 0.5) is 16.2 Å². The minimum atomic E-state index is -0.394. The van der Waals surface area contributed by atoms with Crippen molar-refractivity contribution in [3.05, 3.63) is 145 Å². The smallest absolute Gasteiger partial charge is 0.323 e. The van der Waals surface area contributed by atoms with E-state index in [0.29, 0.717) is 30.6 Å². The average molecular weight is 662 g/mol. The van der Waals surface area contributed by atoms with Gasteiger partial charge in [-0.3, -0.25) is 20.5 Å². The van der Waals surface area contributed by atoms with Crippen molar-refractivity contribution >= 4 is 29.2 Å². The summed E-state index contributed by atoms with van der Waals surface area (Å²) < 4.78 is 0. The number of anilines is 2. The molecule has 2 aromatic heterocycles. The summed E-state index contributed by atoms with van der Waals surface area (Å²) in [5, 5.41) is 5.91. The number of pyridine rings is 2. The molecule has 0 bridgehead atoms. The molecule has 50 heavy (non-hydrogen) atoms. The van der Waals surface area contributed by atoms with Crippen molar-refractivity contribution in [1.82, 2.24) is 9.97 Å². The number of carbonyl (C=O) groups excluding carboxylic acids is 3. The maximum Gasteiger partial charge on any atom is 0.323 e. The van der Waals surface area contributed by atoms with Gasteiger partial charge in [0.2, 0.25) is 5.91 Å². The Bertz CT molecular complexity index is 2000. The molecule has 248 valence electrons. The molecule has 2 heterocycles. The molecule has 0 spiro atoms. The maximum atomic E-state index is 13.2. The summed E-state index contributed by atoms with van der Waals surface area (Å²) in [5.74, 6) is -0.493. The van der Waals surface area contributed by atoms with Gasteiger partial charge in [-0.05, 0) is 105 Å². The van der Waals surface area contributed by atoms with Gasteiger partial charge < -0.3 is 16.4 Å². The van der Waals surface area contributed by atoms with Gasteiger partial charge in [0.15, 0.2) is 0 Å². The molecule has 6 aromatic rings. The Kier molecular flexibility index (Phi) is 10.5. The average Bonchev–Trinajstić information content (AvgIpc) is 3.13. The summed E-state index contributed by atoms with van der Waals surface area (Å²) in [6.45, 7) is 0. The van der Waals surface area contributed by atoms with Crippen molar-refractivity contribution in [2.45, 2.75) is 25.7 Å². The number of aromatic nitrogens is 2. The fraction of sp³-hybridized carbons (Fsp3) is 0.0976. The summed E-state index contributed by atoms with van der Waals surface area (Å²) in [6.07, 6.45) is 8.63. The molecule has 6 rings (SSSR count). The van der Waals surface area contributed by atoms with Crippen molar-refractivity contribution < 1.29 is 20.1 Å². The second-order valence-corrected chi connectivity index (χ2v) is 12.0. The topological polar surface area (TPSA) is 155 Å². The highest BCUT2D eigenvalue weighted by atomic mass is 16.2. The van der Waals surface area contributed by atoms with Gasteiger partial charge in [-0.15, -0.1) is 0 Å². The quantitative estimate of drug-likeness (QED) is 0.112. The second kappa shape index (κ2) is 15.6. The van der Waals surface area contributed by atoms with Gasteiger partial charge in [-0.25, -0.2) is 9.59 Å². The molecule has 0 fully saturated rings. The number of amides is 4. The van der Waals surface area contributed by atoms with E-state index in [4.69, 9.17) is 5.73 Å². The van der Waals surface area contributed by atoms with Crippen LogP contribution in [0.2, 0.25) is 0 Å². The van der Waals surface area contributed by atoms with Gasteiger partial charge in [-0.1, -0.05) is 72.8 Å². The van der Waals surface area contributed by atoms with E-state index in [1.54, 1.807) is 18.6 Å². The van der Waals surface area contributed by atoms with Crippen LogP contribution in [0.3, 0.4) is 0 Å². The van der Waals surface area contributed by atoms with Gasteiger partial charge in [0.1, 0.15) is 0 Å². The number of quaternary nitrogens is 1. The van der Waals surface area contributed by atoms with E-state index in [1.165, 1.54) is 0 Å². The van der Waals surface area contributed by atoms with E-state index < -0.39 is 6.03 Å². The molecule has 7 N–H and O–H groups in total. The molecule has 9 nitrogen and oxygen atoms in total. The lowest BCUT2D eigenvalue weighted by Gasteiger charge is -2.15. The molecule has 0 atom stereocenters. The first kappa shape index (κ1) is 33.5. The highest BCUT2D eigenvalue weighted by Crippen LogP contribution is 2.33. The van der Waals surface area contributed by atoms with E-state index in [-0.39, 0.29) is 18.2 Å². The number of hydrogen-bond acceptors (Lipinski definition) is 5. The fourth-order valence-electron chi connectivity index (χ4n) is 5.94. The number of benzene rings is 4. The molecule has 0 aliphatic heterocycles. The van der Waals surface area contributed by atoms with Gasteiger partial charge in [0.05, 0.1) is 6.42 Å². The van der Waals surface area contributed by atoms with Crippen LogP contribution in [-0.4, -0.2) is 27.8 Å². The van der Waals surface area contributed by atoms with Gasteiger partial charge >= 0.3 is 11.9 Å². The summed E-state index contributed by atoms with van der Waals surface area (Å²) >= 11 is 0. The molecule has 0 saturated heterocycles. The molecule has 9 heteroatoms. The van der Waals surface area contributed by atoms with Gasteiger partial charge in [-0.2, -0.15) is 0 Å². The van der Waals surface area contributed by atoms with Crippen molar-refractivity contribution in [2.24, 2.45) is 5.73 Å². The lowest BCUT2D eigenvalue weighted by Crippen LogP contribution is -2.56. The molecular formula is C41H37N6O3+. The minimum absolute atomic E-state index is 0.123. The van der Waals surface area contributed by atoms with Crippen molar-refractivity contribution in [3.8, 4) is 44.5 Å². The van der Waals surface area contributed by atoms with E-state index in [0.717, 1.165) is 55.6 Å². The molecule has 4 aromatic carbocycles. The monoisotopic (exact) mass is 661 g/mol.